The second kappa shape index (κ2) is 9.23. The molecule has 0 amide bonds. The average Bonchev–Trinajstić information content (AvgIpc) is 3.14. The van der Waals surface area contributed by atoms with Crippen LogP contribution in [-0.2, 0) is 21.2 Å². The van der Waals surface area contributed by atoms with Gasteiger partial charge in [-0.1, -0.05) is 30.3 Å². The Kier molecular flexibility index (Phi) is 6.09. The van der Waals surface area contributed by atoms with Gasteiger partial charge in [0, 0.05) is 18.1 Å². The van der Waals surface area contributed by atoms with E-state index in [1.54, 1.807) is 43.3 Å². The Bertz CT molecular complexity index is 1540. The van der Waals surface area contributed by atoms with E-state index < -0.39 is 16.0 Å². The van der Waals surface area contributed by atoms with Crippen LogP contribution >= 0.6 is 0 Å². The van der Waals surface area contributed by atoms with E-state index in [1.807, 2.05) is 31.3 Å². The SMILES string of the molecule is Cc1c(CC(=O)O)c2ccccc2n1S(=O)(=O)c1ccc(OC[C@@H]2CN(C)c3ccccc3O2)cc1. The Morgan fingerprint density at radius 3 is 2.50 bits per heavy atom. The summed E-state index contributed by atoms with van der Waals surface area (Å²) in [6.45, 7) is 2.61. The first kappa shape index (κ1) is 23.7. The molecular weight excluding hydrogens is 480 g/mol. The molecule has 0 saturated heterocycles. The second-order valence-corrected chi connectivity index (χ2v) is 10.6. The molecule has 1 aromatic heterocycles. The minimum Gasteiger partial charge on any atom is -0.490 e. The van der Waals surface area contributed by atoms with Gasteiger partial charge < -0.3 is 19.5 Å². The van der Waals surface area contributed by atoms with E-state index in [9.17, 15) is 18.3 Å². The van der Waals surface area contributed by atoms with Gasteiger partial charge in [-0.3, -0.25) is 4.79 Å². The number of anilines is 1. The van der Waals surface area contributed by atoms with Gasteiger partial charge in [-0.05, 0) is 55.0 Å². The number of fused-ring (bicyclic) bond motifs is 2. The molecule has 9 heteroatoms. The van der Waals surface area contributed by atoms with Gasteiger partial charge in [-0.25, -0.2) is 12.4 Å². The number of nitrogens with zero attached hydrogens (tertiary/aromatic N) is 2. The second-order valence-electron chi connectivity index (χ2n) is 8.79. The average molecular weight is 507 g/mol. The summed E-state index contributed by atoms with van der Waals surface area (Å²) < 4.78 is 40.3. The van der Waals surface area contributed by atoms with Crippen molar-refractivity contribution in [3.05, 3.63) is 84.1 Å². The number of carbonyl (C=O) groups is 1. The fourth-order valence-electron chi connectivity index (χ4n) is 4.67. The molecule has 1 atom stereocenters. The first-order valence-corrected chi connectivity index (χ1v) is 13.0. The molecule has 0 radical (unpaired) electrons. The monoisotopic (exact) mass is 506 g/mol. The summed E-state index contributed by atoms with van der Waals surface area (Å²) in [6, 6.07) is 21.0. The molecule has 0 unspecified atom stereocenters. The van der Waals surface area contributed by atoms with Crippen molar-refractivity contribution in [1.29, 1.82) is 0 Å². The van der Waals surface area contributed by atoms with Crippen molar-refractivity contribution in [2.24, 2.45) is 0 Å². The van der Waals surface area contributed by atoms with Crippen LogP contribution in [0, 0.1) is 6.92 Å². The minimum atomic E-state index is -3.97. The van der Waals surface area contributed by atoms with Gasteiger partial charge in [-0.15, -0.1) is 0 Å². The number of carboxylic acids is 1. The number of aromatic nitrogens is 1. The van der Waals surface area contributed by atoms with Gasteiger partial charge in [0.1, 0.15) is 24.2 Å². The van der Waals surface area contributed by atoms with Crippen LogP contribution in [-0.4, -0.2) is 49.8 Å². The van der Waals surface area contributed by atoms with Crippen LogP contribution in [0.15, 0.2) is 77.7 Å². The lowest BCUT2D eigenvalue weighted by Crippen LogP contribution is -2.41. The maximum absolute atomic E-state index is 13.6. The number of aliphatic carboxylic acids is 1. The molecule has 0 fully saturated rings. The number of para-hydroxylation sites is 3. The van der Waals surface area contributed by atoms with Crippen molar-refractivity contribution in [3.8, 4) is 11.5 Å². The van der Waals surface area contributed by atoms with E-state index in [1.165, 1.54) is 16.1 Å². The molecule has 1 aliphatic rings. The summed E-state index contributed by atoms with van der Waals surface area (Å²) in [5, 5.41) is 9.94. The molecule has 0 saturated carbocycles. The Labute approximate surface area is 209 Å². The maximum Gasteiger partial charge on any atom is 0.307 e. The van der Waals surface area contributed by atoms with Gasteiger partial charge in [0.15, 0.2) is 0 Å². The number of likely N-dealkylation sites (N-methyl/N-ethyl adjacent to an activating group) is 1. The fraction of sp³-hybridized carbons (Fsp3) is 0.222. The summed E-state index contributed by atoms with van der Waals surface area (Å²) in [5.41, 5.74) is 2.35. The molecule has 4 aromatic rings. The van der Waals surface area contributed by atoms with E-state index in [-0.39, 0.29) is 17.4 Å². The van der Waals surface area contributed by atoms with Crippen molar-refractivity contribution in [3.63, 3.8) is 0 Å². The molecular formula is C27H26N2O6S. The van der Waals surface area contributed by atoms with Crippen LogP contribution in [0.3, 0.4) is 0 Å². The van der Waals surface area contributed by atoms with Gasteiger partial charge >= 0.3 is 5.97 Å². The Morgan fingerprint density at radius 1 is 1.06 bits per heavy atom. The number of benzene rings is 3. The number of hydrogen-bond donors (Lipinski definition) is 1. The molecule has 2 heterocycles. The first-order chi connectivity index (χ1) is 17.3. The van der Waals surface area contributed by atoms with Gasteiger partial charge in [-0.2, -0.15) is 0 Å². The van der Waals surface area contributed by atoms with Gasteiger partial charge in [0.25, 0.3) is 10.0 Å². The topological polar surface area (TPSA) is 98.1 Å². The van der Waals surface area contributed by atoms with Crippen molar-refractivity contribution in [1.82, 2.24) is 3.97 Å². The molecule has 1 N–H and O–H groups in total. The van der Waals surface area contributed by atoms with Crippen LogP contribution in [0.1, 0.15) is 11.3 Å². The van der Waals surface area contributed by atoms with E-state index in [0.29, 0.717) is 41.1 Å². The molecule has 8 nitrogen and oxygen atoms in total. The van der Waals surface area contributed by atoms with Gasteiger partial charge in [0.05, 0.1) is 29.1 Å². The third-order valence-corrected chi connectivity index (χ3v) is 8.18. The molecule has 0 spiro atoms. The van der Waals surface area contributed by atoms with Crippen molar-refractivity contribution >= 4 is 32.6 Å². The third-order valence-electron chi connectivity index (χ3n) is 6.36. The predicted molar refractivity (Wildman–Crippen MR) is 137 cm³/mol. The summed E-state index contributed by atoms with van der Waals surface area (Å²) in [5.74, 6) is 0.314. The molecule has 0 bridgehead atoms. The lowest BCUT2D eigenvalue weighted by Gasteiger charge is -2.33. The van der Waals surface area contributed by atoms with Crippen LogP contribution in [0.5, 0.6) is 11.5 Å². The summed E-state index contributed by atoms with van der Waals surface area (Å²) in [7, 11) is -1.96. The highest BCUT2D eigenvalue weighted by molar-refractivity contribution is 7.90. The van der Waals surface area contributed by atoms with Crippen molar-refractivity contribution in [2.75, 3.05) is 25.1 Å². The van der Waals surface area contributed by atoms with Crippen molar-refractivity contribution in [2.45, 2.75) is 24.3 Å². The molecule has 5 rings (SSSR count). The minimum absolute atomic E-state index is 0.0863. The lowest BCUT2D eigenvalue weighted by molar-refractivity contribution is -0.136. The van der Waals surface area contributed by atoms with Crippen LogP contribution in [0.4, 0.5) is 5.69 Å². The van der Waals surface area contributed by atoms with E-state index in [0.717, 1.165) is 11.4 Å². The zero-order valence-electron chi connectivity index (χ0n) is 19.9. The maximum atomic E-state index is 13.6. The number of rotatable bonds is 7. The Hall–Kier alpha value is -3.98. The zero-order valence-corrected chi connectivity index (χ0v) is 20.7. The highest BCUT2D eigenvalue weighted by Crippen LogP contribution is 2.33. The third kappa shape index (κ3) is 4.26. The molecule has 1 aliphatic heterocycles. The van der Waals surface area contributed by atoms with Gasteiger partial charge in [0.2, 0.25) is 0 Å². The normalized spacial score (nSPS) is 15.4. The number of ether oxygens (including phenoxy) is 2. The zero-order chi connectivity index (χ0) is 25.4. The molecule has 3 aromatic carbocycles. The fourth-order valence-corrected chi connectivity index (χ4v) is 6.25. The molecule has 36 heavy (non-hydrogen) atoms. The molecule has 0 aliphatic carbocycles. The Morgan fingerprint density at radius 2 is 1.75 bits per heavy atom. The number of hydrogen-bond acceptors (Lipinski definition) is 6. The summed E-state index contributed by atoms with van der Waals surface area (Å²) in [6.07, 6.45) is -0.431. The Balaban J connectivity index is 1.36. The van der Waals surface area contributed by atoms with E-state index in [4.69, 9.17) is 9.47 Å². The largest absolute Gasteiger partial charge is 0.490 e. The predicted octanol–water partition coefficient (Wildman–Crippen LogP) is 4.09. The lowest BCUT2D eigenvalue weighted by atomic mass is 10.1. The first-order valence-electron chi connectivity index (χ1n) is 11.5. The van der Waals surface area contributed by atoms with Crippen molar-refractivity contribution < 1.29 is 27.8 Å². The molecule has 186 valence electrons. The summed E-state index contributed by atoms with van der Waals surface area (Å²) >= 11 is 0. The highest BCUT2D eigenvalue weighted by atomic mass is 32.2. The highest BCUT2D eigenvalue weighted by Gasteiger charge is 2.26. The quantitative estimate of drug-likeness (QED) is 0.403. The van der Waals surface area contributed by atoms with Crippen LogP contribution < -0.4 is 14.4 Å². The van der Waals surface area contributed by atoms with Crippen LogP contribution in [0.25, 0.3) is 10.9 Å². The smallest absolute Gasteiger partial charge is 0.307 e. The van der Waals surface area contributed by atoms with E-state index >= 15 is 0 Å². The van der Waals surface area contributed by atoms with Crippen LogP contribution in [0.2, 0.25) is 0 Å². The standard InChI is InChI=1S/C27H26N2O6S/c1-18-23(15-27(30)31)22-7-3-4-8-24(22)29(18)36(32,33)21-13-11-19(12-14-21)34-17-20-16-28(2)25-9-5-6-10-26(25)35-20/h3-14,20H,15-17H2,1-2H3,(H,30,31)/t20-/m0/s1. The number of carboxylic acid groups (broad SMARTS) is 1. The summed E-state index contributed by atoms with van der Waals surface area (Å²) in [4.78, 5) is 13.6. The van der Waals surface area contributed by atoms with E-state index in [2.05, 4.69) is 4.90 Å².